The molecule has 0 fully saturated rings. The zero-order valence-corrected chi connectivity index (χ0v) is 18.3. The number of hydrogen-bond acceptors (Lipinski definition) is 4. The summed E-state index contributed by atoms with van der Waals surface area (Å²) < 4.78 is 11.2. The van der Waals surface area contributed by atoms with Crippen LogP contribution in [-0.4, -0.2) is 30.6 Å². The van der Waals surface area contributed by atoms with Crippen molar-refractivity contribution in [1.29, 1.82) is 0 Å². The third-order valence-electron chi connectivity index (χ3n) is 6.25. The maximum Gasteiger partial charge on any atom is 0.251 e. The van der Waals surface area contributed by atoms with Crippen LogP contribution in [0, 0.1) is 0 Å². The largest absolute Gasteiger partial charge is 0.486 e. The summed E-state index contributed by atoms with van der Waals surface area (Å²) in [4.78, 5) is 15.2. The normalized spacial score (nSPS) is 16.2. The fourth-order valence-electron chi connectivity index (χ4n) is 4.40. The highest BCUT2D eigenvalue weighted by atomic mass is 16.6. The molecule has 0 bridgehead atoms. The average Bonchev–Trinajstić information content (AvgIpc) is 2.84. The highest BCUT2D eigenvalue weighted by Gasteiger charge is 2.18. The molecule has 5 nitrogen and oxygen atoms in total. The van der Waals surface area contributed by atoms with Gasteiger partial charge in [0.2, 0.25) is 0 Å². The van der Waals surface area contributed by atoms with Crippen LogP contribution in [0.15, 0.2) is 66.7 Å². The van der Waals surface area contributed by atoms with Crippen molar-refractivity contribution in [3.63, 3.8) is 0 Å². The number of carbonyl (C=O) groups excluding carboxylic acids is 1. The molecule has 1 N–H and O–H groups in total. The lowest BCUT2D eigenvalue weighted by atomic mass is 9.99. The van der Waals surface area contributed by atoms with Gasteiger partial charge in [-0.3, -0.25) is 9.69 Å². The first kappa shape index (κ1) is 20.6. The summed E-state index contributed by atoms with van der Waals surface area (Å²) in [6, 6.07) is 22.3. The van der Waals surface area contributed by atoms with Gasteiger partial charge in [0, 0.05) is 25.2 Å². The fourth-order valence-corrected chi connectivity index (χ4v) is 4.40. The van der Waals surface area contributed by atoms with Gasteiger partial charge in [-0.15, -0.1) is 0 Å². The van der Waals surface area contributed by atoms with Gasteiger partial charge < -0.3 is 14.8 Å². The maximum atomic E-state index is 12.8. The standard InChI is InChI=1S/C27H28N2O3/c1-19(23-10-11-25-26(16-23)32-15-14-31-25)28-27(30)22-8-6-20(7-9-22)17-29-13-12-21-4-2-3-5-24(21)18-29/h2-11,16,19H,12-15,17-18H2,1H3,(H,28,30)/t19-/m0/s1. The topological polar surface area (TPSA) is 50.8 Å². The quantitative estimate of drug-likeness (QED) is 0.650. The van der Waals surface area contributed by atoms with Gasteiger partial charge in [0.05, 0.1) is 6.04 Å². The van der Waals surface area contributed by atoms with Crippen LogP contribution in [0.4, 0.5) is 0 Å². The smallest absolute Gasteiger partial charge is 0.251 e. The number of benzene rings is 3. The lowest BCUT2D eigenvalue weighted by molar-refractivity contribution is 0.0939. The SMILES string of the molecule is C[C@H](NC(=O)c1ccc(CN2CCc3ccccc3C2)cc1)c1ccc2c(c1)OCCO2. The molecule has 0 unspecified atom stereocenters. The lowest BCUT2D eigenvalue weighted by Crippen LogP contribution is -2.30. The Morgan fingerprint density at radius 1 is 0.969 bits per heavy atom. The molecule has 5 heteroatoms. The van der Waals surface area contributed by atoms with Crippen LogP contribution in [0.3, 0.4) is 0 Å². The van der Waals surface area contributed by atoms with Crippen molar-refractivity contribution in [3.05, 3.63) is 94.5 Å². The van der Waals surface area contributed by atoms with Crippen LogP contribution in [0.25, 0.3) is 0 Å². The Hall–Kier alpha value is -3.31. The number of ether oxygens (including phenoxy) is 2. The van der Waals surface area contributed by atoms with Gasteiger partial charge >= 0.3 is 0 Å². The Morgan fingerprint density at radius 2 is 1.72 bits per heavy atom. The van der Waals surface area contributed by atoms with E-state index in [2.05, 4.69) is 46.6 Å². The molecule has 0 aliphatic carbocycles. The highest BCUT2D eigenvalue weighted by Crippen LogP contribution is 2.32. The van der Waals surface area contributed by atoms with E-state index in [1.54, 1.807) is 0 Å². The van der Waals surface area contributed by atoms with Crippen molar-refractivity contribution in [2.75, 3.05) is 19.8 Å². The number of hydrogen-bond donors (Lipinski definition) is 1. The van der Waals surface area contributed by atoms with Gasteiger partial charge in [-0.05, 0) is 59.9 Å². The second kappa shape index (κ2) is 9.05. The summed E-state index contributed by atoms with van der Waals surface area (Å²) in [6.45, 7) is 6.03. The molecule has 32 heavy (non-hydrogen) atoms. The molecule has 2 aliphatic heterocycles. The van der Waals surface area contributed by atoms with Crippen LogP contribution >= 0.6 is 0 Å². The number of carbonyl (C=O) groups is 1. The zero-order valence-electron chi connectivity index (χ0n) is 18.3. The molecule has 0 radical (unpaired) electrons. The number of rotatable bonds is 5. The molecule has 3 aromatic carbocycles. The minimum absolute atomic E-state index is 0.0779. The molecule has 1 atom stereocenters. The van der Waals surface area contributed by atoms with E-state index in [0.29, 0.717) is 18.8 Å². The minimum Gasteiger partial charge on any atom is -0.486 e. The first-order valence-corrected chi connectivity index (χ1v) is 11.2. The van der Waals surface area contributed by atoms with Crippen molar-refractivity contribution in [3.8, 4) is 11.5 Å². The van der Waals surface area contributed by atoms with Crippen molar-refractivity contribution in [2.24, 2.45) is 0 Å². The van der Waals surface area contributed by atoms with E-state index in [0.717, 1.165) is 43.1 Å². The van der Waals surface area contributed by atoms with Gasteiger partial charge in [0.1, 0.15) is 13.2 Å². The molecule has 1 amide bonds. The summed E-state index contributed by atoms with van der Waals surface area (Å²) in [5.74, 6) is 1.41. The Balaban J connectivity index is 1.19. The fraction of sp³-hybridized carbons (Fsp3) is 0.296. The molecular weight excluding hydrogens is 400 g/mol. The summed E-state index contributed by atoms with van der Waals surface area (Å²) >= 11 is 0. The zero-order chi connectivity index (χ0) is 21.9. The lowest BCUT2D eigenvalue weighted by Gasteiger charge is -2.28. The van der Waals surface area contributed by atoms with Crippen LogP contribution < -0.4 is 14.8 Å². The van der Waals surface area contributed by atoms with Crippen molar-refractivity contribution in [2.45, 2.75) is 32.5 Å². The Morgan fingerprint density at radius 3 is 2.53 bits per heavy atom. The molecule has 0 aromatic heterocycles. The monoisotopic (exact) mass is 428 g/mol. The van der Waals surface area contributed by atoms with Crippen LogP contribution in [-0.2, 0) is 19.5 Å². The molecule has 0 spiro atoms. The van der Waals surface area contributed by atoms with Crippen molar-refractivity contribution < 1.29 is 14.3 Å². The third kappa shape index (κ3) is 4.48. The summed E-state index contributed by atoms with van der Waals surface area (Å²) in [7, 11) is 0. The van der Waals surface area contributed by atoms with Crippen LogP contribution in [0.5, 0.6) is 11.5 Å². The van der Waals surface area contributed by atoms with Crippen LogP contribution in [0.2, 0.25) is 0 Å². The van der Waals surface area contributed by atoms with Gasteiger partial charge in [-0.1, -0.05) is 42.5 Å². The molecule has 2 aliphatic rings. The summed E-state index contributed by atoms with van der Waals surface area (Å²) in [5, 5.41) is 3.09. The summed E-state index contributed by atoms with van der Waals surface area (Å²) in [6.07, 6.45) is 1.09. The average molecular weight is 429 g/mol. The van der Waals surface area contributed by atoms with E-state index in [-0.39, 0.29) is 11.9 Å². The van der Waals surface area contributed by atoms with Gasteiger partial charge in [-0.2, -0.15) is 0 Å². The number of amides is 1. The van der Waals surface area contributed by atoms with E-state index < -0.39 is 0 Å². The highest BCUT2D eigenvalue weighted by molar-refractivity contribution is 5.94. The molecule has 3 aromatic rings. The van der Waals surface area contributed by atoms with Gasteiger partial charge in [0.15, 0.2) is 11.5 Å². The Kier molecular flexibility index (Phi) is 5.82. The third-order valence-corrected chi connectivity index (χ3v) is 6.25. The second-order valence-electron chi connectivity index (χ2n) is 8.52. The van der Waals surface area contributed by atoms with Gasteiger partial charge in [0.25, 0.3) is 5.91 Å². The van der Waals surface area contributed by atoms with E-state index in [9.17, 15) is 4.79 Å². The molecule has 5 rings (SSSR count). The van der Waals surface area contributed by atoms with Crippen LogP contribution in [0.1, 0.15) is 45.6 Å². The maximum absolute atomic E-state index is 12.8. The van der Waals surface area contributed by atoms with Gasteiger partial charge in [-0.25, -0.2) is 0 Å². The number of nitrogens with one attached hydrogen (secondary N) is 1. The predicted molar refractivity (Wildman–Crippen MR) is 124 cm³/mol. The first-order chi connectivity index (χ1) is 15.7. The molecular formula is C27H28N2O3. The van der Waals surface area contributed by atoms with E-state index in [1.165, 1.54) is 16.7 Å². The Labute approximate surface area is 189 Å². The molecule has 0 saturated heterocycles. The van der Waals surface area contributed by atoms with Crippen molar-refractivity contribution in [1.82, 2.24) is 10.2 Å². The van der Waals surface area contributed by atoms with E-state index in [4.69, 9.17) is 9.47 Å². The molecule has 2 heterocycles. The predicted octanol–water partition coefficient (Wildman–Crippen LogP) is 4.51. The van der Waals surface area contributed by atoms with E-state index >= 15 is 0 Å². The number of nitrogens with zero attached hydrogens (tertiary/aromatic N) is 1. The first-order valence-electron chi connectivity index (χ1n) is 11.2. The second-order valence-corrected chi connectivity index (χ2v) is 8.52. The minimum atomic E-state index is -0.133. The Bertz CT molecular complexity index is 1110. The number of fused-ring (bicyclic) bond motifs is 2. The summed E-state index contributed by atoms with van der Waals surface area (Å²) in [5.41, 5.74) is 5.76. The molecule has 164 valence electrons. The van der Waals surface area contributed by atoms with E-state index in [1.807, 2.05) is 37.3 Å². The molecule has 0 saturated carbocycles. The van der Waals surface area contributed by atoms with Crippen molar-refractivity contribution >= 4 is 5.91 Å².